The molecule has 0 aromatic rings. The fourth-order valence-electron chi connectivity index (χ4n) is 1.46. The number of hydrogen-bond donors (Lipinski definition) is 0. The van der Waals surface area contributed by atoms with E-state index in [4.69, 9.17) is 0 Å². The molecule has 1 saturated carbocycles. The Morgan fingerprint density at radius 3 is 2.00 bits per heavy atom. The van der Waals surface area contributed by atoms with Crippen LogP contribution in [0.2, 0.25) is 19.6 Å². The maximum Gasteiger partial charge on any atom is 0.201 e. The van der Waals surface area contributed by atoms with E-state index in [1.54, 1.807) is 0 Å². The van der Waals surface area contributed by atoms with Crippen LogP contribution in [0.4, 0.5) is 0 Å². The van der Waals surface area contributed by atoms with E-state index in [9.17, 15) is 4.79 Å². The summed E-state index contributed by atoms with van der Waals surface area (Å²) < 4.78 is 2.08. The number of nitrogens with zero attached hydrogens (tertiary/aromatic N) is 1. The van der Waals surface area contributed by atoms with Crippen LogP contribution in [0.25, 0.3) is 0 Å². The number of amides is 1. The molecule has 0 heterocycles. The van der Waals surface area contributed by atoms with E-state index >= 15 is 0 Å². The molecule has 0 spiro atoms. The van der Waals surface area contributed by atoms with Crippen molar-refractivity contribution in [2.45, 2.75) is 44.9 Å². The second kappa shape index (κ2) is 2.97. The topological polar surface area (TPSA) is 20.3 Å². The lowest BCUT2D eigenvalue weighted by molar-refractivity contribution is -0.117. The predicted octanol–water partition coefficient (Wildman–Crippen LogP) is 1.83. The SMILES string of the molecule is C[Si](C)(C)N(C=O)C1CCC1. The monoisotopic (exact) mass is 171 g/mol. The zero-order valence-electron chi connectivity index (χ0n) is 7.63. The van der Waals surface area contributed by atoms with Crippen LogP contribution in [0, 0.1) is 0 Å². The van der Waals surface area contributed by atoms with E-state index in [2.05, 4.69) is 24.2 Å². The molecule has 1 rings (SSSR count). The summed E-state index contributed by atoms with van der Waals surface area (Å²) >= 11 is 0. The number of carbonyl (C=O) groups is 1. The summed E-state index contributed by atoms with van der Waals surface area (Å²) in [5.74, 6) is 0. The summed E-state index contributed by atoms with van der Waals surface area (Å²) in [5, 5.41) is 0. The van der Waals surface area contributed by atoms with Gasteiger partial charge in [0.1, 0.15) is 0 Å². The van der Waals surface area contributed by atoms with Gasteiger partial charge in [0.05, 0.1) is 0 Å². The first kappa shape index (κ1) is 8.78. The summed E-state index contributed by atoms with van der Waals surface area (Å²) in [7, 11) is -1.35. The highest BCUT2D eigenvalue weighted by molar-refractivity contribution is 6.75. The Morgan fingerprint density at radius 2 is 1.91 bits per heavy atom. The zero-order valence-corrected chi connectivity index (χ0v) is 8.63. The highest BCUT2D eigenvalue weighted by Gasteiger charge is 2.32. The molecule has 1 amide bonds. The van der Waals surface area contributed by atoms with E-state index in [1.165, 1.54) is 19.3 Å². The molecule has 0 saturated heterocycles. The summed E-state index contributed by atoms with van der Waals surface area (Å²) in [4.78, 5) is 10.7. The van der Waals surface area contributed by atoms with Crippen molar-refractivity contribution < 1.29 is 4.79 Å². The lowest BCUT2D eigenvalue weighted by Crippen LogP contribution is -2.53. The Kier molecular flexibility index (Phi) is 2.37. The van der Waals surface area contributed by atoms with Gasteiger partial charge < -0.3 is 4.57 Å². The van der Waals surface area contributed by atoms with Crippen molar-refractivity contribution in [3.63, 3.8) is 0 Å². The van der Waals surface area contributed by atoms with Gasteiger partial charge in [-0.05, 0) is 19.3 Å². The van der Waals surface area contributed by atoms with Crippen LogP contribution in [-0.4, -0.2) is 25.3 Å². The summed E-state index contributed by atoms with van der Waals surface area (Å²) in [6, 6.07) is 0.583. The van der Waals surface area contributed by atoms with Crippen molar-refractivity contribution in [3.8, 4) is 0 Å². The van der Waals surface area contributed by atoms with Crippen molar-refractivity contribution in [2.75, 3.05) is 0 Å². The maximum absolute atomic E-state index is 10.7. The quantitative estimate of drug-likeness (QED) is 0.468. The summed E-state index contributed by atoms with van der Waals surface area (Å²) in [6.45, 7) is 6.67. The average Bonchev–Trinajstić information content (AvgIpc) is 1.74. The second-order valence-corrected chi connectivity index (χ2v) is 9.13. The number of hydrogen-bond acceptors (Lipinski definition) is 1. The van der Waals surface area contributed by atoms with Crippen LogP contribution in [0.15, 0.2) is 0 Å². The minimum Gasteiger partial charge on any atom is -0.370 e. The molecule has 0 aromatic heterocycles. The second-order valence-electron chi connectivity index (χ2n) is 4.27. The van der Waals surface area contributed by atoms with Crippen LogP contribution in [0.3, 0.4) is 0 Å². The van der Waals surface area contributed by atoms with E-state index in [-0.39, 0.29) is 0 Å². The van der Waals surface area contributed by atoms with Crippen molar-refractivity contribution in [1.82, 2.24) is 4.57 Å². The third-order valence-electron chi connectivity index (χ3n) is 2.36. The molecule has 0 unspecified atom stereocenters. The minimum absolute atomic E-state index is 0.583. The van der Waals surface area contributed by atoms with Crippen LogP contribution in [-0.2, 0) is 4.79 Å². The molecular weight excluding hydrogens is 154 g/mol. The average molecular weight is 171 g/mol. The van der Waals surface area contributed by atoms with Crippen LogP contribution in [0.1, 0.15) is 19.3 Å². The Bertz CT molecular complexity index is 149. The van der Waals surface area contributed by atoms with Gasteiger partial charge in [-0.3, -0.25) is 4.79 Å². The van der Waals surface area contributed by atoms with Gasteiger partial charge in [-0.1, -0.05) is 19.6 Å². The van der Waals surface area contributed by atoms with Gasteiger partial charge in [0.2, 0.25) is 6.41 Å². The first-order valence-electron chi connectivity index (χ1n) is 4.29. The Labute approximate surface area is 69.7 Å². The first-order chi connectivity index (χ1) is 5.05. The molecule has 0 radical (unpaired) electrons. The van der Waals surface area contributed by atoms with Crippen LogP contribution in [0.5, 0.6) is 0 Å². The first-order valence-corrected chi connectivity index (χ1v) is 7.74. The molecule has 1 fully saturated rings. The normalized spacial score (nSPS) is 19.2. The van der Waals surface area contributed by atoms with Crippen LogP contribution >= 0.6 is 0 Å². The van der Waals surface area contributed by atoms with E-state index in [0.717, 1.165) is 6.41 Å². The van der Waals surface area contributed by atoms with Crippen molar-refractivity contribution in [1.29, 1.82) is 0 Å². The highest BCUT2D eigenvalue weighted by Crippen LogP contribution is 2.27. The van der Waals surface area contributed by atoms with Gasteiger partial charge in [0.25, 0.3) is 0 Å². The van der Waals surface area contributed by atoms with E-state index in [0.29, 0.717) is 6.04 Å². The predicted molar refractivity (Wildman–Crippen MR) is 48.9 cm³/mol. The van der Waals surface area contributed by atoms with Gasteiger partial charge >= 0.3 is 0 Å². The van der Waals surface area contributed by atoms with E-state index < -0.39 is 8.24 Å². The molecule has 0 bridgehead atoms. The Balaban J connectivity index is 2.54. The zero-order chi connectivity index (χ0) is 8.48. The van der Waals surface area contributed by atoms with Crippen molar-refractivity contribution >= 4 is 14.6 Å². The molecule has 64 valence electrons. The minimum atomic E-state index is -1.35. The molecule has 1 aliphatic rings. The smallest absolute Gasteiger partial charge is 0.201 e. The number of rotatable bonds is 3. The van der Waals surface area contributed by atoms with E-state index in [1.807, 2.05) is 0 Å². The summed E-state index contributed by atoms with van der Waals surface area (Å²) in [6.07, 6.45) is 4.81. The van der Waals surface area contributed by atoms with Gasteiger partial charge in [-0.15, -0.1) is 0 Å². The lowest BCUT2D eigenvalue weighted by Gasteiger charge is -2.42. The van der Waals surface area contributed by atoms with Crippen molar-refractivity contribution in [3.05, 3.63) is 0 Å². The standard InChI is InChI=1S/C8H17NOSi/c1-11(2,3)9(7-10)8-5-4-6-8/h7-8H,4-6H2,1-3H3. The molecular formula is C8H17NOSi. The molecule has 1 aliphatic carbocycles. The van der Waals surface area contributed by atoms with Gasteiger partial charge in [-0.2, -0.15) is 0 Å². The van der Waals surface area contributed by atoms with Gasteiger partial charge in [0.15, 0.2) is 8.24 Å². The fraction of sp³-hybridized carbons (Fsp3) is 0.875. The third-order valence-corrected chi connectivity index (χ3v) is 4.38. The molecule has 0 aromatic carbocycles. The van der Waals surface area contributed by atoms with Gasteiger partial charge in [0, 0.05) is 6.04 Å². The molecule has 0 aliphatic heterocycles. The maximum atomic E-state index is 10.7. The molecule has 3 heteroatoms. The Hall–Kier alpha value is -0.313. The van der Waals surface area contributed by atoms with Crippen LogP contribution < -0.4 is 0 Å². The Morgan fingerprint density at radius 1 is 1.36 bits per heavy atom. The largest absolute Gasteiger partial charge is 0.370 e. The molecule has 2 nitrogen and oxygen atoms in total. The molecule has 0 N–H and O–H groups in total. The van der Waals surface area contributed by atoms with Crippen molar-refractivity contribution in [2.24, 2.45) is 0 Å². The molecule has 0 atom stereocenters. The summed E-state index contributed by atoms with van der Waals surface area (Å²) in [5.41, 5.74) is 0. The van der Waals surface area contributed by atoms with Gasteiger partial charge in [-0.25, -0.2) is 0 Å². The molecule has 11 heavy (non-hydrogen) atoms. The highest BCUT2D eigenvalue weighted by atomic mass is 28.3. The third kappa shape index (κ3) is 1.83. The lowest BCUT2D eigenvalue weighted by atomic mass is 9.93. The number of carbonyl (C=O) groups excluding carboxylic acids is 1. The fourth-order valence-corrected chi connectivity index (χ4v) is 3.13.